The van der Waals surface area contributed by atoms with Crippen molar-refractivity contribution in [1.29, 1.82) is 0 Å². The van der Waals surface area contributed by atoms with Crippen LogP contribution in [0.1, 0.15) is 25.4 Å². The van der Waals surface area contributed by atoms with E-state index >= 15 is 0 Å². The second kappa shape index (κ2) is 7.47. The zero-order valence-corrected chi connectivity index (χ0v) is 16.7. The van der Waals surface area contributed by atoms with Crippen LogP contribution in [0.15, 0.2) is 50.2 Å². The van der Waals surface area contributed by atoms with E-state index in [1.165, 1.54) is 11.3 Å². The van der Waals surface area contributed by atoms with E-state index in [2.05, 4.69) is 10.3 Å². The molecule has 0 aliphatic carbocycles. The van der Waals surface area contributed by atoms with Crippen molar-refractivity contribution >= 4 is 28.6 Å². The second-order valence-corrected chi connectivity index (χ2v) is 7.17. The molecular formula is C20H20N4O3S. The third-order valence-electron chi connectivity index (χ3n) is 4.23. The van der Waals surface area contributed by atoms with Gasteiger partial charge in [-0.25, -0.2) is 4.68 Å². The van der Waals surface area contributed by atoms with Gasteiger partial charge in [0, 0.05) is 17.5 Å². The monoisotopic (exact) mass is 396 g/mol. The summed E-state index contributed by atoms with van der Waals surface area (Å²) in [6.45, 7) is 6.49. The lowest BCUT2D eigenvalue weighted by Gasteiger charge is -2.18. The Hall–Kier alpha value is -3.13. The number of hydrogen-bond acceptors (Lipinski definition) is 6. The van der Waals surface area contributed by atoms with Gasteiger partial charge in [0.1, 0.15) is 23.0 Å². The van der Waals surface area contributed by atoms with Crippen LogP contribution in [0.25, 0.3) is 11.3 Å². The molecule has 0 fully saturated rings. The van der Waals surface area contributed by atoms with E-state index in [0.29, 0.717) is 18.0 Å². The lowest BCUT2D eigenvalue weighted by Crippen LogP contribution is -2.25. The van der Waals surface area contributed by atoms with Crippen LogP contribution in [0.3, 0.4) is 0 Å². The predicted molar refractivity (Wildman–Crippen MR) is 109 cm³/mol. The maximum absolute atomic E-state index is 11.6. The van der Waals surface area contributed by atoms with E-state index in [9.17, 15) is 4.79 Å². The fraction of sp³-hybridized carbons (Fsp3) is 0.250. The highest BCUT2D eigenvalue weighted by atomic mass is 32.1. The summed E-state index contributed by atoms with van der Waals surface area (Å²) in [5.41, 5.74) is 3.19. The van der Waals surface area contributed by atoms with Gasteiger partial charge in [0.05, 0.1) is 11.4 Å². The standard InChI is InChI=1S/C20H20N4O3S/c1-4-21-20-24(23-13(3)17-7-5-12(2)27-17)16(11-28-20)14-6-8-18-15(9-14)22-19(25)10-26-18/h5-9,11H,4,10H2,1-3H3,(H,22,25). The van der Waals surface area contributed by atoms with Crippen molar-refractivity contribution in [3.63, 3.8) is 0 Å². The molecule has 4 rings (SSSR count). The topological polar surface area (TPSA) is 81.1 Å². The number of aryl methyl sites for hydroxylation is 1. The van der Waals surface area contributed by atoms with E-state index in [4.69, 9.17) is 14.3 Å². The van der Waals surface area contributed by atoms with Crippen LogP contribution in [-0.4, -0.2) is 29.4 Å². The quantitative estimate of drug-likeness (QED) is 0.684. The van der Waals surface area contributed by atoms with E-state index < -0.39 is 0 Å². The number of thiazole rings is 1. The first-order valence-electron chi connectivity index (χ1n) is 8.95. The van der Waals surface area contributed by atoms with Gasteiger partial charge in [0.2, 0.25) is 4.80 Å². The molecule has 0 saturated heterocycles. The number of ether oxygens (including phenoxy) is 1. The number of amides is 1. The van der Waals surface area contributed by atoms with Crippen LogP contribution < -0.4 is 14.9 Å². The largest absolute Gasteiger partial charge is 0.482 e. The van der Waals surface area contributed by atoms with Crippen molar-refractivity contribution in [3.05, 3.63) is 52.0 Å². The van der Waals surface area contributed by atoms with Gasteiger partial charge in [-0.15, -0.1) is 11.3 Å². The van der Waals surface area contributed by atoms with Gasteiger partial charge in [-0.1, -0.05) is 0 Å². The van der Waals surface area contributed by atoms with Crippen molar-refractivity contribution in [3.8, 4) is 17.0 Å². The third-order valence-corrected chi connectivity index (χ3v) is 5.09. The molecule has 3 aromatic rings. The summed E-state index contributed by atoms with van der Waals surface area (Å²) in [5, 5.41) is 9.61. The molecule has 144 valence electrons. The number of benzene rings is 1. The Morgan fingerprint density at radius 1 is 1.32 bits per heavy atom. The van der Waals surface area contributed by atoms with Crippen LogP contribution in [0.5, 0.6) is 5.75 Å². The molecule has 28 heavy (non-hydrogen) atoms. The van der Waals surface area contributed by atoms with E-state index in [0.717, 1.165) is 33.3 Å². The Bertz CT molecular complexity index is 1140. The lowest BCUT2D eigenvalue weighted by molar-refractivity contribution is -0.118. The van der Waals surface area contributed by atoms with Gasteiger partial charge in [0.15, 0.2) is 6.61 Å². The van der Waals surface area contributed by atoms with Crippen LogP contribution in [0, 0.1) is 6.92 Å². The molecule has 7 nitrogen and oxygen atoms in total. The lowest BCUT2D eigenvalue weighted by atomic mass is 10.1. The number of nitrogens with zero attached hydrogens (tertiary/aromatic N) is 3. The summed E-state index contributed by atoms with van der Waals surface area (Å²) >= 11 is 1.52. The average Bonchev–Trinajstić information content (AvgIpc) is 3.28. The van der Waals surface area contributed by atoms with E-state index in [1.807, 2.05) is 61.2 Å². The normalized spacial score (nSPS) is 14.6. The first-order valence-corrected chi connectivity index (χ1v) is 9.83. The van der Waals surface area contributed by atoms with Gasteiger partial charge < -0.3 is 14.5 Å². The number of fused-ring (bicyclic) bond motifs is 1. The Balaban J connectivity index is 1.82. The van der Waals surface area contributed by atoms with Crippen molar-refractivity contribution in [2.24, 2.45) is 10.1 Å². The summed E-state index contributed by atoms with van der Waals surface area (Å²) in [6.07, 6.45) is 0. The molecule has 0 radical (unpaired) electrons. The molecule has 0 saturated carbocycles. The molecule has 1 aliphatic heterocycles. The van der Waals surface area contributed by atoms with Gasteiger partial charge in [0.25, 0.3) is 5.91 Å². The molecule has 3 heterocycles. The zero-order chi connectivity index (χ0) is 19.7. The molecule has 1 amide bonds. The number of hydrogen-bond donors (Lipinski definition) is 1. The maximum atomic E-state index is 11.6. The van der Waals surface area contributed by atoms with Crippen LogP contribution in [0.2, 0.25) is 0 Å². The Kier molecular flexibility index (Phi) is 4.87. The fourth-order valence-electron chi connectivity index (χ4n) is 2.91. The van der Waals surface area contributed by atoms with Crippen molar-refractivity contribution in [2.75, 3.05) is 18.5 Å². The minimum absolute atomic E-state index is 0.0381. The van der Waals surface area contributed by atoms with Gasteiger partial charge >= 0.3 is 0 Å². The highest BCUT2D eigenvalue weighted by Crippen LogP contribution is 2.33. The fourth-order valence-corrected chi connectivity index (χ4v) is 3.80. The molecule has 0 atom stereocenters. The van der Waals surface area contributed by atoms with Crippen LogP contribution >= 0.6 is 11.3 Å². The average molecular weight is 396 g/mol. The molecule has 0 spiro atoms. The molecule has 8 heteroatoms. The van der Waals surface area contributed by atoms with Gasteiger partial charge in [-0.2, -0.15) is 5.10 Å². The predicted octanol–water partition coefficient (Wildman–Crippen LogP) is 3.64. The van der Waals surface area contributed by atoms with Crippen molar-refractivity contribution in [1.82, 2.24) is 4.68 Å². The van der Waals surface area contributed by atoms with Crippen LogP contribution in [-0.2, 0) is 4.79 Å². The second-order valence-electron chi connectivity index (χ2n) is 6.33. The summed E-state index contributed by atoms with van der Waals surface area (Å²) in [7, 11) is 0. The van der Waals surface area contributed by atoms with E-state index in [-0.39, 0.29) is 12.5 Å². The van der Waals surface area contributed by atoms with Crippen molar-refractivity contribution < 1.29 is 13.9 Å². The molecule has 0 unspecified atom stereocenters. The molecule has 0 bridgehead atoms. The summed E-state index contributed by atoms with van der Waals surface area (Å²) in [4.78, 5) is 17.0. The number of carbonyl (C=O) groups is 1. The maximum Gasteiger partial charge on any atom is 0.262 e. The SMILES string of the molecule is CCN=c1scc(-c2ccc3c(c2)NC(=O)CO3)n1N=C(C)c1ccc(C)o1. The highest BCUT2D eigenvalue weighted by Gasteiger charge is 2.18. The molecule has 1 aromatic carbocycles. The Morgan fingerprint density at radius 2 is 2.18 bits per heavy atom. The number of aromatic nitrogens is 1. The first kappa shape index (κ1) is 18.2. The first-order chi connectivity index (χ1) is 13.5. The Labute approximate surface area is 166 Å². The summed E-state index contributed by atoms with van der Waals surface area (Å²) < 4.78 is 13.0. The smallest absolute Gasteiger partial charge is 0.262 e. The van der Waals surface area contributed by atoms with Crippen LogP contribution in [0.4, 0.5) is 5.69 Å². The Morgan fingerprint density at radius 3 is 2.93 bits per heavy atom. The van der Waals surface area contributed by atoms with Gasteiger partial charge in [-0.3, -0.25) is 9.79 Å². The number of rotatable bonds is 4. The number of furan rings is 1. The summed E-state index contributed by atoms with van der Waals surface area (Å²) in [5.74, 6) is 2.06. The minimum Gasteiger partial charge on any atom is -0.482 e. The molecular weight excluding hydrogens is 376 g/mol. The third kappa shape index (κ3) is 3.50. The minimum atomic E-state index is -0.161. The van der Waals surface area contributed by atoms with E-state index in [1.54, 1.807) is 0 Å². The number of carbonyl (C=O) groups excluding carboxylic acids is 1. The number of nitrogens with one attached hydrogen (secondary N) is 1. The summed E-state index contributed by atoms with van der Waals surface area (Å²) in [6, 6.07) is 9.52. The van der Waals surface area contributed by atoms with Gasteiger partial charge in [-0.05, 0) is 51.1 Å². The zero-order valence-electron chi connectivity index (χ0n) is 15.9. The number of anilines is 1. The van der Waals surface area contributed by atoms with Crippen molar-refractivity contribution in [2.45, 2.75) is 20.8 Å². The molecule has 1 aliphatic rings. The highest BCUT2D eigenvalue weighted by molar-refractivity contribution is 7.07. The molecule has 2 aromatic heterocycles. The molecule has 1 N–H and O–H groups in total.